The average molecular weight is 214 g/mol. The Balaban J connectivity index is 3.36. The summed E-state index contributed by atoms with van der Waals surface area (Å²) in [5, 5.41) is 3.24. The van der Waals surface area contributed by atoms with E-state index in [1.807, 2.05) is 7.05 Å². The van der Waals surface area contributed by atoms with Gasteiger partial charge in [0.05, 0.1) is 0 Å². The summed E-state index contributed by atoms with van der Waals surface area (Å²) in [5.74, 6) is 0. The Morgan fingerprint density at radius 2 is 1.86 bits per heavy atom. The molecule has 1 nitrogen and oxygen atoms in total. The maximum absolute atomic E-state index is 3.24. The van der Waals surface area contributed by atoms with Crippen LogP contribution in [0.1, 0.15) is 13.8 Å². The zero-order valence-electron chi connectivity index (χ0n) is 5.38. The van der Waals surface area contributed by atoms with Gasteiger partial charge in [0.25, 0.3) is 0 Å². The summed E-state index contributed by atoms with van der Waals surface area (Å²) in [6.45, 7) is 4.47. The van der Waals surface area contributed by atoms with Gasteiger partial charge in [-0.3, -0.25) is 0 Å². The van der Waals surface area contributed by atoms with Crippen LogP contribution in [0.4, 0.5) is 0 Å². The van der Waals surface area contributed by atoms with Crippen LogP contribution in [0.5, 0.6) is 0 Å². The first kappa shape index (κ1) is 7.69. The summed E-state index contributed by atoms with van der Waals surface area (Å²) in [6, 6.07) is 0. The van der Waals surface area contributed by atoms with Gasteiger partial charge in [0.1, 0.15) is 0 Å². The molecule has 46 valence electrons. The van der Waals surface area contributed by atoms with Crippen molar-refractivity contribution in [2.24, 2.45) is 0 Å². The molecule has 0 aliphatic heterocycles. The Bertz CT molecular complexity index is 46.0. The van der Waals surface area contributed by atoms with Crippen LogP contribution < -0.4 is 26.5 Å². The minimum absolute atomic E-state index is 0.350. The molecule has 0 aromatic carbocycles. The molecule has 2 heteroatoms. The standard InChI is InChI=1S/C5H13IN/c1-5(2,6-3)7-4/h7H,1-4H3/q-1. The Kier molecular flexibility index (Phi) is 3.15. The molecule has 0 unspecified atom stereocenters. The van der Waals surface area contributed by atoms with Crippen molar-refractivity contribution in [2.75, 3.05) is 12.0 Å². The Morgan fingerprint density at radius 3 is 1.86 bits per heavy atom. The monoisotopic (exact) mass is 214 g/mol. The fraction of sp³-hybridized carbons (Fsp3) is 1.00. The number of halogens is 1. The van der Waals surface area contributed by atoms with Crippen molar-refractivity contribution in [3.05, 3.63) is 0 Å². The number of hydrogen-bond donors (Lipinski definition) is 1. The summed E-state index contributed by atoms with van der Waals surface area (Å²) >= 11 is 0.350. The molecular weight excluding hydrogens is 201 g/mol. The molecule has 0 atom stereocenters. The third kappa shape index (κ3) is 3.29. The zero-order chi connectivity index (χ0) is 5.91. The number of nitrogens with one attached hydrogen (secondary N) is 1. The van der Waals surface area contributed by atoms with E-state index in [1.165, 1.54) is 0 Å². The van der Waals surface area contributed by atoms with Crippen molar-refractivity contribution in [2.45, 2.75) is 17.4 Å². The van der Waals surface area contributed by atoms with Crippen molar-refractivity contribution in [1.82, 2.24) is 5.32 Å². The number of hydrogen-bond acceptors (Lipinski definition) is 1. The van der Waals surface area contributed by atoms with E-state index in [9.17, 15) is 0 Å². The maximum atomic E-state index is 3.24. The third-order valence-electron chi connectivity index (χ3n) is 1.07. The van der Waals surface area contributed by atoms with Crippen LogP contribution in [0, 0.1) is 0 Å². The molecule has 0 bridgehead atoms. The first-order valence-corrected chi connectivity index (χ1v) is 5.55. The van der Waals surface area contributed by atoms with Gasteiger partial charge in [0, 0.05) is 0 Å². The van der Waals surface area contributed by atoms with E-state index in [1.54, 1.807) is 0 Å². The predicted molar refractivity (Wildman–Crippen MR) is 29.1 cm³/mol. The van der Waals surface area contributed by atoms with Gasteiger partial charge < -0.3 is 0 Å². The molecule has 1 N–H and O–H groups in total. The minimum atomic E-state index is 0.350. The van der Waals surface area contributed by atoms with E-state index in [2.05, 4.69) is 24.1 Å². The SMILES string of the molecule is CNC(C)(C)[I-]C. The molecule has 0 heterocycles. The molecular formula is C5H13IN-. The van der Waals surface area contributed by atoms with Crippen molar-refractivity contribution in [3.8, 4) is 0 Å². The topological polar surface area (TPSA) is 12.0 Å². The molecule has 0 aliphatic rings. The molecule has 0 amide bonds. The van der Waals surface area contributed by atoms with Crippen LogP contribution in [0.15, 0.2) is 0 Å². The normalized spacial score (nSPS) is 12.6. The van der Waals surface area contributed by atoms with Gasteiger partial charge in [-0.25, -0.2) is 0 Å². The van der Waals surface area contributed by atoms with Crippen LogP contribution in [0.3, 0.4) is 0 Å². The Morgan fingerprint density at radius 1 is 1.43 bits per heavy atom. The molecule has 0 saturated carbocycles. The Labute approximate surface area is 56.1 Å². The predicted octanol–water partition coefficient (Wildman–Crippen LogP) is -2.34. The summed E-state index contributed by atoms with van der Waals surface area (Å²) < 4.78 is 0.443. The summed E-state index contributed by atoms with van der Waals surface area (Å²) in [5.41, 5.74) is 0. The van der Waals surface area contributed by atoms with Crippen LogP contribution in [-0.2, 0) is 0 Å². The summed E-state index contributed by atoms with van der Waals surface area (Å²) in [4.78, 5) is 2.29. The molecule has 0 aliphatic carbocycles. The van der Waals surface area contributed by atoms with Crippen LogP contribution in [0.25, 0.3) is 0 Å². The second-order valence-corrected chi connectivity index (χ2v) is 5.69. The average Bonchev–Trinajstić information content (AvgIpc) is 1.68. The number of rotatable bonds is 2. The van der Waals surface area contributed by atoms with Crippen molar-refractivity contribution in [1.29, 1.82) is 0 Å². The molecule has 0 aromatic rings. The molecule has 0 aromatic heterocycles. The summed E-state index contributed by atoms with van der Waals surface area (Å²) in [7, 11) is 2.02. The third-order valence-corrected chi connectivity index (χ3v) is 4.30. The van der Waals surface area contributed by atoms with Crippen molar-refractivity contribution < 1.29 is 21.2 Å². The van der Waals surface area contributed by atoms with Gasteiger partial charge in [-0.15, -0.1) is 0 Å². The van der Waals surface area contributed by atoms with Crippen molar-refractivity contribution >= 4 is 0 Å². The fourth-order valence-electron chi connectivity index (χ4n) is 0.0945. The first-order valence-electron chi connectivity index (χ1n) is 2.32. The van der Waals surface area contributed by atoms with Gasteiger partial charge >= 0.3 is 55.9 Å². The van der Waals surface area contributed by atoms with Gasteiger partial charge in [0.2, 0.25) is 0 Å². The zero-order valence-corrected chi connectivity index (χ0v) is 7.54. The van der Waals surface area contributed by atoms with Crippen LogP contribution >= 0.6 is 0 Å². The quantitative estimate of drug-likeness (QED) is 0.308. The second kappa shape index (κ2) is 2.87. The fourth-order valence-corrected chi connectivity index (χ4v) is 0.634. The van der Waals surface area contributed by atoms with Gasteiger partial charge in [-0.2, -0.15) is 0 Å². The molecule has 0 fully saturated rings. The molecule has 7 heavy (non-hydrogen) atoms. The molecule has 0 radical (unpaired) electrons. The Hall–Kier alpha value is 0.690. The van der Waals surface area contributed by atoms with Gasteiger partial charge in [-0.05, 0) is 0 Å². The van der Waals surface area contributed by atoms with Crippen LogP contribution in [0.2, 0.25) is 0 Å². The van der Waals surface area contributed by atoms with Gasteiger partial charge in [0.15, 0.2) is 0 Å². The first-order chi connectivity index (χ1) is 3.12. The van der Waals surface area contributed by atoms with Gasteiger partial charge in [-0.1, -0.05) is 0 Å². The molecule has 0 rings (SSSR count). The molecule has 0 spiro atoms. The van der Waals surface area contributed by atoms with E-state index in [4.69, 9.17) is 0 Å². The number of alkyl halides is 2. The molecule has 0 saturated heterocycles. The summed E-state index contributed by atoms with van der Waals surface area (Å²) in [6.07, 6.45) is 0. The van der Waals surface area contributed by atoms with E-state index < -0.39 is 0 Å². The second-order valence-electron chi connectivity index (χ2n) is 1.91. The van der Waals surface area contributed by atoms with E-state index in [0.717, 1.165) is 0 Å². The van der Waals surface area contributed by atoms with Crippen LogP contribution in [-0.4, -0.2) is 15.5 Å². The van der Waals surface area contributed by atoms with E-state index in [-0.39, 0.29) is 0 Å². The van der Waals surface area contributed by atoms with E-state index >= 15 is 0 Å². The van der Waals surface area contributed by atoms with E-state index in [0.29, 0.717) is 24.8 Å². The van der Waals surface area contributed by atoms with Crippen molar-refractivity contribution in [3.63, 3.8) is 0 Å².